The van der Waals surface area contributed by atoms with E-state index in [1.807, 2.05) is 28.9 Å². The topological polar surface area (TPSA) is 50.1 Å². The molecule has 2 aromatic carbocycles. The van der Waals surface area contributed by atoms with Crippen LogP contribution in [0.5, 0.6) is 0 Å². The fourth-order valence-electron chi connectivity index (χ4n) is 3.67. The minimum atomic E-state index is -4.37. The summed E-state index contributed by atoms with van der Waals surface area (Å²) < 4.78 is 41.0. The zero-order valence-corrected chi connectivity index (χ0v) is 18.2. The Hall–Kier alpha value is -2.06. The van der Waals surface area contributed by atoms with Crippen molar-refractivity contribution in [2.24, 2.45) is 0 Å². The summed E-state index contributed by atoms with van der Waals surface area (Å²) in [6.07, 6.45) is 2.66. The Balaban J connectivity index is 0.00000171. The summed E-state index contributed by atoms with van der Waals surface area (Å²) in [5.41, 5.74) is 2.19. The smallest absolute Gasteiger partial charge is 0.391 e. The number of nitrogens with zero attached hydrogens (tertiary/aromatic N) is 2. The van der Waals surface area contributed by atoms with Crippen molar-refractivity contribution in [1.82, 2.24) is 14.9 Å². The van der Waals surface area contributed by atoms with Crippen molar-refractivity contribution < 1.29 is 18.3 Å². The Bertz CT molecular complexity index is 1040. The Morgan fingerprint density at radius 2 is 1.90 bits per heavy atom. The number of allylic oxidation sites excluding steroid dienone is 1. The number of hydrogen-bond acceptors (Lipinski definition) is 3. The molecule has 31 heavy (non-hydrogen) atoms. The van der Waals surface area contributed by atoms with Crippen LogP contribution in [0.3, 0.4) is 0 Å². The van der Waals surface area contributed by atoms with E-state index in [9.17, 15) is 18.3 Å². The Morgan fingerprint density at radius 1 is 1.13 bits per heavy atom. The summed E-state index contributed by atoms with van der Waals surface area (Å²) >= 11 is 0. The van der Waals surface area contributed by atoms with Gasteiger partial charge in [-0.05, 0) is 54.8 Å². The van der Waals surface area contributed by atoms with Gasteiger partial charge in [-0.15, -0.1) is 24.8 Å². The summed E-state index contributed by atoms with van der Waals surface area (Å²) in [4.78, 5) is 4.37. The number of alkyl halides is 3. The summed E-state index contributed by atoms with van der Waals surface area (Å²) in [7, 11) is 0. The fourth-order valence-corrected chi connectivity index (χ4v) is 3.67. The number of hydrogen-bond donors (Lipinski definition) is 2. The largest absolute Gasteiger partial charge is 0.416 e. The maximum atomic E-state index is 13.0. The molecule has 0 saturated carbocycles. The van der Waals surface area contributed by atoms with E-state index in [1.165, 1.54) is 6.07 Å². The van der Waals surface area contributed by atoms with Crippen LogP contribution in [0, 0.1) is 0 Å². The molecule has 2 N–H and O–H groups in total. The number of benzene rings is 2. The van der Waals surface area contributed by atoms with Crippen LogP contribution >= 0.6 is 24.8 Å². The lowest BCUT2D eigenvalue weighted by Gasteiger charge is -2.26. The molecule has 9 heteroatoms. The number of aliphatic hydroxyl groups excluding tert-OH is 1. The molecule has 0 aliphatic carbocycles. The summed E-state index contributed by atoms with van der Waals surface area (Å²) in [5, 5.41) is 13.3. The van der Waals surface area contributed by atoms with E-state index in [0.29, 0.717) is 17.7 Å². The number of nitrogens with one attached hydrogen (secondary N) is 1. The lowest BCUT2D eigenvalue weighted by Crippen LogP contribution is -2.43. The molecule has 1 saturated heterocycles. The molecule has 4 nitrogen and oxygen atoms in total. The summed E-state index contributed by atoms with van der Waals surface area (Å²) in [6, 6.07) is 10.7. The highest BCUT2D eigenvalue weighted by atomic mass is 35.5. The van der Waals surface area contributed by atoms with Gasteiger partial charge in [0.1, 0.15) is 0 Å². The van der Waals surface area contributed by atoms with Crippen molar-refractivity contribution >= 4 is 35.8 Å². The molecule has 1 aliphatic heterocycles. The van der Waals surface area contributed by atoms with Crippen LogP contribution in [-0.2, 0) is 12.7 Å². The van der Waals surface area contributed by atoms with Crippen molar-refractivity contribution in [2.45, 2.75) is 37.7 Å². The highest BCUT2D eigenvalue weighted by Gasteiger charge is 2.30. The zero-order valence-electron chi connectivity index (χ0n) is 16.5. The third-order valence-corrected chi connectivity index (χ3v) is 5.26. The van der Waals surface area contributed by atoms with Crippen molar-refractivity contribution in [3.63, 3.8) is 0 Å². The molecule has 2 atom stereocenters. The normalized spacial score (nSPS) is 19.2. The number of imidazole rings is 1. The van der Waals surface area contributed by atoms with Crippen LogP contribution in [0.15, 0.2) is 60.9 Å². The van der Waals surface area contributed by atoms with Crippen LogP contribution in [0.1, 0.15) is 18.4 Å². The molecular weight excluding hydrogens is 450 g/mol. The lowest BCUT2D eigenvalue weighted by molar-refractivity contribution is -0.137. The van der Waals surface area contributed by atoms with Crippen molar-refractivity contribution in [3.05, 3.63) is 66.5 Å². The Morgan fingerprint density at radius 3 is 2.65 bits per heavy atom. The summed E-state index contributed by atoms with van der Waals surface area (Å²) in [5.74, 6) is 0. The maximum Gasteiger partial charge on any atom is 0.416 e. The van der Waals surface area contributed by atoms with Crippen LogP contribution in [-0.4, -0.2) is 33.3 Å². The van der Waals surface area contributed by atoms with Gasteiger partial charge in [0.15, 0.2) is 0 Å². The van der Waals surface area contributed by atoms with E-state index in [4.69, 9.17) is 0 Å². The molecule has 1 aliphatic rings. The van der Waals surface area contributed by atoms with E-state index in [-0.39, 0.29) is 37.0 Å². The third-order valence-electron chi connectivity index (χ3n) is 5.26. The second-order valence-electron chi connectivity index (χ2n) is 7.30. The SMILES string of the molecule is Cl.Cl.O[C@H]1CCCN[C@@H]1/C=C/Cn1cnc2ccc(-c3cccc(C(F)(F)F)c3)cc21. The minimum Gasteiger partial charge on any atom is -0.391 e. The van der Waals surface area contributed by atoms with E-state index in [0.717, 1.165) is 42.6 Å². The van der Waals surface area contributed by atoms with Gasteiger partial charge >= 0.3 is 6.18 Å². The molecule has 0 spiro atoms. The average Bonchev–Trinajstić information content (AvgIpc) is 3.11. The van der Waals surface area contributed by atoms with Gasteiger partial charge in [0.2, 0.25) is 0 Å². The molecule has 3 aromatic rings. The molecule has 4 rings (SSSR count). The van der Waals surface area contributed by atoms with Crippen LogP contribution < -0.4 is 5.32 Å². The van der Waals surface area contributed by atoms with E-state index in [2.05, 4.69) is 10.3 Å². The molecule has 168 valence electrons. The number of aromatic nitrogens is 2. The van der Waals surface area contributed by atoms with Gasteiger partial charge in [0, 0.05) is 6.54 Å². The van der Waals surface area contributed by atoms with Crippen molar-refractivity contribution in [1.29, 1.82) is 0 Å². The van der Waals surface area contributed by atoms with Gasteiger partial charge in [0.05, 0.1) is 35.1 Å². The minimum absolute atomic E-state index is 0. The molecule has 0 radical (unpaired) electrons. The molecule has 2 heterocycles. The molecule has 0 unspecified atom stereocenters. The Kier molecular flexibility index (Phi) is 8.54. The maximum absolute atomic E-state index is 13.0. The first-order chi connectivity index (χ1) is 13.9. The fraction of sp³-hybridized carbons (Fsp3) is 0.318. The van der Waals surface area contributed by atoms with Crippen molar-refractivity contribution in [3.8, 4) is 11.1 Å². The van der Waals surface area contributed by atoms with Gasteiger partial charge in [-0.25, -0.2) is 4.98 Å². The summed E-state index contributed by atoms with van der Waals surface area (Å²) in [6.45, 7) is 1.45. The average molecular weight is 474 g/mol. The number of piperidine rings is 1. The van der Waals surface area contributed by atoms with Gasteiger partial charge in [0.25, 0.3) is 0 Å². The molecule has 0 bridgehead atoms. The first kappa shape index (κ1) is 25.2. The number of aliphatic hydroxyl groups is 1. The van der Waals surface area contributed by atoms with Crippen LogP contribution in [0.2, 0.25) is 0 Å². The van der Waals surface area contributed by atoms with Gasteiger partial charge in [-0.2, -0.15) is 13.2 Å². The van der Waals surface area contributed by atoms with Gasteiger partial charge in [-0.3, -0.25) is 0 Å². The predicted molar refractivity (Wildman–Crippen MR) is 121 cm³/mol. The number of fused-ring (bicyclic) bond motifs is 1. The van der Waals surface area contributed by atoms with Crippen molar-refractivity contribution in [2.75, 3.05) is 6.54 Å². The first-order valence-electron chi connectivity index (χ1n) is 9.62. The highest BCUT2D eigenvalue weighted by molar-refractivity contribution is 5.85. The quantitative estimate of drug-likeness (QED) is 0.509. The van der Waals surface area contributed by atoms with E-state index in [1.54, 1.807) is 18.5 Å². The Labute approximate surface area is 191 Å². The van der Waals surface area contributed by atoms with Gasteiger partial charge in [-0.1, -0.05) is 30.4 Å². The molecule has 0 amide bonds. The molecule has 1 aromatic heterocycles. The van der Waals surface area contributed by atoms with Crippen LogP contribution in [0.4, 0.5) is 13.2 Å². The first-order valence-corrected chi connectivity index (χ1v) is 9.62. The highest BCUT2D eigenvalue weighted by Crippen LogP contribution is 2.33. The number of halogens is 5. The standard InChI is InChI=1S/C22H22F3N3O.2ClH/c23-22(24,25)17-5-1-4-15(12-17)16-8-9-18-20(13-16)28(14-27-18)11-3-6-19-21(29)7-2-10-26-19;;/h1,3-6,8-9,12-14,19,21,26,29H,2,7,10-11H2;2*1H/b6-3+;;/t19-,21+;;/m1../s1. The third kappa shape index (κ3) is 5.80. The lowest BCUT2D eigenvalue weighted by atomic mass is 10.0. The molecular formula is C22H24Cl2F3N3O. The zero-order chi connectivity index (χ0) is 20.4. The monoisotopic (exact) mass is 473 g/mol. The number of rotatable bonds is 4. The molecule has 1 fully saturated rings. The van der Waals surface area contributed by atoms with Crippen LogP contribution in [0.25, 0.3) is 22.2 Å². The van der Waals surface area contributed by atoms with E-state index >= 15 is 0 Å². The van der Waals surface area contributed by atoms with Gasteiger partial charge < -0.3 is 15.0 Å². The second-order valence-corrected chi connectivity index (χ2v) is 7.30. The second kappa shape index (κ2) is 10.5. The van der Waals surface area contributed by atoms with E-state index < -0.39 is 11.7 Å². The predicted octanol–water partition coefficient (Wildman–Crippen LogP) is 5.23.